The molecule has 0 unspecified atom stereocenters. The zero-order valence-corrected chi connectivity index (χ0v) is 19.4. The van der Waals surface area contributed by atoms with Gasteiger partial charge in [-0.3, -0.25) is 14.5 Å². The monoisotopic (exact) mass is 519 g/mol. The van der Waals surface area contributed by atoms with Gasteiger partial charge in [-0.1, -0.05) is 12.1 Å². The molecule has 0 saturated carbocycles. The third-order valence-corrected chi connectivity index (χ3v) is 5.27. The molecule has 0 fully saturated rings. The Morgan fingerprint density at radius 3 is 2.09 bits per heavy atom. The van der Waals surface area contributed by atoms with Crippen LogP contribution in [-0.2, 0) is 11.2 Å². The summed E-state index contributed by atoms with van der Waals surface area (Å²) in [7, 11) is 1.55. The van der Waals surface area contributed by atoms with Gasteiger partial charge in [-0.25, -0.2) is 0 Å². The lowest BCUT2D eigenvalue weighted by Crippen LogP contribution is -2.40. The Balaban J connectivity index is 1.90. The summed E-state index contributed by atoms with van der Waals surface area (Å²) in [6.45, 7) is 0.0582. The van der Waals surface area contributed by atoms with Crippen LogP contribution in [0.5, 0.6) is 5.75 Å². The zero-order chi connectivity index (χ0) is 26.1. The van der Waals surface area contributed by atoms with E-state index in [1.54, 1.807) is 36.8 Å². The summed E-state index contributed by atoms with van der Waals surface area (Å²) in [4.78, 5) is 16.3. The number of ether oxygens (including phenoxy) is 1. The number of rotatable bonds is 11. The normalized spacial score (nSPS) is 12.3. The Morgan fingerprint density at radius 1 is 1.03 bits per heavy atom. The van der Waals surface area contributed by atoms with Crippen LogP contribution in [0, 0.1) is 0 Å². The summed E-state index contributed by atoms with van der Waals surface area (Å²) in [5.41, 5.74) is 1.69. The van der Waals surface area contributed by atoms with Crippen molar-refractivity contribution in [1.29, 1.82) is 0 Å². The van der Waals surface area contributed by atoms with Crippen LogP contribution in [0.1, 0.15) is 17.5 Å². The lowest BCUT2D eigenvalue weighted by Gasteiger charge is -2.27. The number of carbonyl (C=O) groups excluding carboxylic acids is 1. The van der Waals surface area contributed by atoms with E-state index in [9.17, 15) is 31.1 Å². The smallest absolute Gasteiger partial charge is 0.405 e. The molecule has 1 N–H and O–H groups in total. The number of nitrogens with one attached hydrogen (secondary N) is 1. The number of methoxy groups -OCH3 is 1. The Labute approximate surface area is 203 Å². The van der Waals surface area contributed by atoms with Crippen molar-refractivity contribution in [3.63, 3.8) is 0 Å². The quantitative estimate of drug-likeness (QED) is 0.224. The van der Waals surface area contributed by atoms with E-state index in [1.165, 1.54) is 24.3 Å². The Bertz CT molecular complexity index is 990. The minimum absolute atomic E-state index is 0.0639. The Kier molecular flexibility index (Phi) is 10.1. The number of carbonyl (C=O) groups is 1. The first kappa shape index (κ1) is 28.1. The molecule has 0 bridgehead atoms. The largest absolute Gasteiger partial charge is 0.497 e. The average Bonchev–Trinajstić information content (AvgIpc) is 2.79. The van der Waals surface area contributed by atoms with Gasteiger partial charge in [0.15, 0.2) is 0 Å². The number of alkyl halides is 6. The number of aliphatic imine (C=N–C) groups is 1. The second-order valence-electron chi connectivity index (χ2n) is 7.29. The Morgan fingerprint density at radius 2 is 1.60 bits per heavy atom. The van der Waals surface area contributed by atoms with Crippen LogP contribution < -0.4 is 14.4 Å². The van der Waals surface area contributed by atoms with Crippen LogP contribution in [-0.4, -0.2) is 45.2 Å². The summed E-state index contributed by atoms with van der Waals surface area (Å²) in [6, 6.07) is 12.3. The molecular weight excluding hydrogens is 496 g/mol. The first-order chi connectivity index (χ1) is 16.4. The second-order valence-corrected chi connectivity index (χ2v) is 7.96. The molecular formula is C23H23F6N3O2S. The SMILES string of the molecule is C=N/C(=C\SNC(=O)CCc1ccc(N(CC(F)(F)F)CC(F)(F)F)cc1)c1ccc(OC)cc1. The molecule has 12 heteroatoms. The molecule has 0 spiro atoms. The van der Waals surface area contributed by atoms with Crippen molar-refractivity contribution in [3.8, 4) is 5.75 Å². The number of benzene rings is 2. The summed E-state index contributed by atoms with van der Waals surface area (Å²) in [5, 5.41) is 1.61. The average molecular weight is 520 g/mol. The van der Waals surface area contributed by atoms with Crippen LogP contribution in [0.4, 0.5) is 32.0 Å². The van der Waals surface area contributed by atoms with Crippen LogP contribution in [0.15, 0.2) is 58.9 Å². The standard InChI is InChI=1S/C23H23F6N3O2S/c1-30-20(17-6-10-19(34-2)11-7-17)13-35-31-21(33)12-5-16-3-8-18(9-4-16)32(14-22(24,25)26)15-23(27,28)29/h3-4,6-11,13H,1,5,12,14-15H2,2H3,(H,31,33)/b20-13-. The van der Waals surface area contributed by atoms with Gasteiger partial charge in [-0.2, -0.15) is 26.3 Å². The van der Waals surface area contributed by atoms with Crippen LogP contribution in [0.25, 0.3) is 5.70 Å². The highest BCUT2D eigenvalue weighted by atomic mass is 32.2. The maximum atomic E-state index is 12.7. The molecule has 0 radical (unpaired) electrons. The number of hydrogen-bond acceptors (Lipinski definition) is 5. The van der Waals surface area contributed by atoms with Gasteiger partial charge in [-0.15, -0.1) is 0 Å². The van der Waals surface area contributed by atoms with E-state index >= 15 is 0 Å². The minimum Gasteiger partial charge on any atom is -0.497 e. The Hall–Kier alpha value is -3.15. The fraction of sp³-hybridized carbons (Fsp3) is 0.304. The van der Waals surface area contributed by atoms with Gasteiger partial charge in [0.05, 0.1) is 12.8 Å². The highest BCUT2D eigenvalue weighted by molar-refractivity contribution is 8.00. The van der Waals surface area contributed by atoms with Gasteiger partial charge in [0.1, 0.15) is 18.8 Å². The number of aryl methyl sites for hydroxylation is 1. The molecule has 0 aliphatic heterocycles. The summed E-state index contributed by atoms with van der Waals surface area (Å²) in [5.74, 6) is 0.365. The lowest BCUT2D eigenvalue weighted by atomic mass is 10.1. The molecule has 5 nitrogen and oxygen atoms in total. The highest BCUT2D eigenvalue weighted by Crippen LogP contribution is 2.27. The molecule has 2 rings (SSSR count). The summed E-state index contributed by atoms with van der Waals surface area (Å²) >= 11 is 1.00. The van der Waals surface area contributed by atoms with Crippen molar-refractivity contribution in [3.05, 3.63) is 65.1 Å². The molecule has 2 aromatic carbocycles. The molecule has 35 heavy (non-hydrogen) atoms. The summed E-state index contributed by atoms with van der Waals surface area (Å²) in [6.07, 6.45) is -9.26. The van der Waals surface area contributed by atoms with Crippen molar-refractivity contribution < 1.29 is 35.9 Å². The minimum atomic E-state index is -4.79. The van der Waals surface area contributed by atoms with Crippen molar-refractivity contribution in [1.82, 2.24) is 4.72 Å². The van der Waals surface area contributed by atoms with E-state index in [4.69, 9.17) is 4.74 Å². The van der Waals surface area contributed by atoms with E-state index in [0.717, 1.165) is 17.5 Å². The van der Waals surface area contributed by atoms with E-state index < -0.39 is 25.4 Å². The number of hydrogen-bond donors (Lipinski definition) is 1. The third kappa shape index (κ3) is 10.3. The summed E-state index contributed by atoms with van der Waals surface area (Å²) < 4.78 is 83.8. The molecule has 0 heterocycles. The van der Waals surface area contributed by atoms with E-state index in [0.29, 0.717) is 17.0 Å². The van der Waals surface area contributed by atoms with Crippen molar-refractivity contribution in [2.24, 2.45) is 4.99 Å². The van der Waals surface area contributed by atoms with Gasteiger partial charge in [0.25, 0.3) is 0 Å². The number of nitrogens with zero attached hydrogens (tertiary/aromatic N) is 2. The lowest BCUT2D eigenvalue weighted by molar-refractivity contribution is -0.137. The number of halogens is 6. The topological polar surface area (TPSA) is 53.9 Å². The molecule has 190 valence electrons. The molecule has 0 aliphatic carbocycles. The fourth-order valence-electron chi connectivity index (χ4n) is 2.96. The van der Waals surface area contributed by atoms with Crippen molar-refractivity contribution in [2.75, 3.05) is 25.1 Å². The fourth-order valence-corrected chi connectivity index (χ4v) is 3.58. The molecule has 0 saturated heterocycles. The van der Waals surface area contributed by atoms with Crippen molar-refractivity contribution >= 4 is 36.0 Å². The van der Waals surface area contributed by atoms with Crippen molar-refractivity contribution in [2.45, 2.75) is 25.2 Å². The van der Waals surface area contributed by atoms with Gasteiger partial charge in [0, 0.05) is 23.1 Å². The van der Waals surface area contributed by atoms with Gasteiger partial charge >= 0.3 is 12.4 Å². The first-order valence-electron chi connectivity index (χ1n) is 10.1. The molecule has 0 aliphatic rings. The maximum absolute atomic E-state index is 12.7. The molecule has 2 aromatic rings. The van der Waals surface area contributed by atoms with Gasteiger partial charge < -0.3 is 9.64 Å². The van der Waals surface area contributed by atoms with Crippen LogP contribution >= 0.6 is 11.9 Å². The third-order valence-electron chi connectivity index (χ3n) is 4.58. The predicted molar refractivity (Wildman–Crippen MR) is 125 cm³/mol. The first-order valence-corrected chi connectivity index (χ1v) is 11.0. The maximum Gasteiger partial charge on any atom is 0.405 e. The molecule has 0 aromatic heterocycles. The van der Waals surface area contributed by atoms with Gasteiger partial charge in [0.2, 0.25) is 5.91 Å². The second kappa shape index (κ2) is 12.5. The number of amides is 1. The van der Waals surface area contributed by atoms with E-state index in [1.807, 2.05) is 0 Å². The van der Waals surface area contributed by atoms with Crippen LogP contribution in [0.3, 0.4) is 0 Å². The number of anilines is 1. The van der Waals surface area contributed by atoms with Gasteiger partial charge in [-0.05, 0) is 67.0 Å². The highest BCUT2D eigenvalue weighted by Gasteiger charge is 2.37. The van der Waals surface area contributed by atoms with E-state index in [-0.39, 0.29) is 29.3 Å². The van der Waals surface area contributed by atoms with Crippen LogP contribution in [0.2, 0.25) is 0 Å². The predicted octanol–water partition coefficient (Wildman–Crippen LogP) is 6.02. The molecule has 0 atom stereocenters. The molecule has 1 amide bonds. The van der Waals surface area contributed by atoms with E-state index in [2.05, 4.69) is 16.4 Å². The zero-order valence-electron chi connectivity index (χ0n) is 18.6.